The molecule has 0 spiro atoms. The normalized spacial score (nSPS) is 12.4. The van der Waals surface area contributed by atoms with E-state index in [-0.39, 0.29) is 11.9 Å². The summed E-state index contributed by atoms with van der Waals surface area (Å²) >= 11 is 0. The van der Waals surface area contributed by atoms with Crippen molar-refractivity contribution in [1.82, 2.24) is 5.32 Å². The van der Waals surface area contributed by atoms with E-state index in [4.69, 9.17) is 0 Å². The van der Waals surface area contributed by atoms with Crippen LogP contribution in [0.1, 0.15) is 22.3 Å². The van der Waals surface area contributed by atoms with Crippen molar-refractivity contribution in [1.29, 1.82) is 0 Å². The fourth-order valence-corrected chi connectivity index (χ4v) is 2.49. The van der Waals surface area contributed by atoms with Crippen LogP contribution in [0, 0.1) is 19.7 Å². The fourth-order valence-electron chi connectivity index (χ4n) is 2.49. The molecule has 0 aliphatic rings. The highest BCUT2D eigenvalue weighted by Gasteiger charge is 2.12. The Balaban J connectivity index is 2.13. The lowest BCUT2D eigenvalue weighted by molar-refractivity contribution is 0.531. The van der Waals surface area contributed by atoms with Crippen molar-refractivity contribution in [3.63, 3.8) is 0 Å². The summed E-state index contributed by atoms with van der Waals surface area (Å²) < 4.78 is 13.7. The van der Waals surface area contributed by atoms with Gasteiger partial charge < -0.3 is 5.32 Å². The van der Waals surface area contributed by atoms with Crippen molar-refractivity contribution in [2.45, 2.75) is 32.7 Å². The first-order valence-electron chi connectivity index (χ1n) is 7.07. The van der Waals surface area contributed by atoms with E-state index >= 15 is 0 Å². The van der Waals surface area contributed by atoms with E-state index in [1.807, 2.05) is 19.2 Å². The number of aryl methyl sites for hydroxylation is 2. The number of benzene rings is 2. The molecule has 1 unspecified atom stereocenters. The van der Waals surface area contributed by atoms with Crippen LogP contribution in [0.4, 0.5) is 4.39 Å². The second-order valence-electron chi connectivity index (χ2n) is 5.42. The molecule has 0 amide bonds. The minimum absolute atomic E-state index is 0.117. The number of nitrogens with one attached hydrogen (secondary N) is 1. The van der Waals surface area contributed by atoms with Crippen molar-refractivity contribution >= 4 is 0 Å². The Morgan fingerprint density at radius 3 is 2.40 bits per heavy atom. The summed E-state index contributed by atoms with van der Waals surface area (Å²) in [7, 11) is 1.94. The minimum Gasteiger partial charge on any atom is -0.316 e. The van der Waals surface area contributed by atoms with E-state index < -0.39 is 0 Å². The molecule has 0 heterocycles. The highest BCUT2D eigenvalue weighted by molar-refractivity contribution is 5.31. The van der Waals surface area contributed by atoms with Gasteiger partial charge in [0, 0.05) is 6.04 Å². The van der Waals surface area contributed by atoms with Gasteiger partial charge in [-0.1, -0.05) is 42.0 Å². The molecular formula is C18H22FN. The molecule has 2 heteroatoms. The average Bonchev–Trinajstić information content (AvgIpc) is 2.44. The molecule has 0 fully saturated rings. The quantitative estimate of drug-likeness (QED) is 0.872. The van der Waals surface area contributed by atoms with E-state index in [0.29, 0.717) is 6.42 Å². The van der Waals surface area contributed by atoms with Gasteiger partial charge in [0.05, 0.1) is 0 Å². The number of likely N-dealkylation sites (N-methyl/N-ethyl adjacent to an activating group) is 1. The van der Waals surface area contributed by atoms with E-state index in [2.05, 4.69) is 37.4 Å². The molecule has 20 heavy (non-hydrogen) atoms. The van der Waals surface area contributed by atoms with E-state index in [1.165, 1.54) is 22.8 Å². The Hall–Kier alpha value is -1.67. The summed E-state index contributed by atoms with van der Waals surface area (Å²) in [4.78, 5) is 0. The van der Waals surface area contributed by atoms with Gasteiger partial charge in [-0.3, -0.25) is 0 Å². The second-order valence-corrected chi connectivity index (χ2v) is 5.42. The van der Waals surface area contributed by atoms with Gasteiger partial charge in [-0.25, -0.2) is 4.39 Å². The molecule has 1 nitrogen and oxygen atoms in total. The zero-order chi connectivity index (χ0) is 14.5. The predicted molar refractivity (Wildman–Crippen MR) is 82.6 cm³/mol. The van der Waals surface area contributed by atoms with Crippen molar-refractivity contribution in [3.8, 4) is 0 Å². The molecule has 0 aromatic heterocycles. The molecule has 1 atom stereocenters. The van der Waals surface area contributed by atoms with Crippen LogP contribution in [-0.4, -0.2) is 13.1 Å². The first kappa shape index (κ1) is 14.7. The molecule has 1 N–H and O–H groups in total. The topological polar surface area (TPSA) is 12.0 Å². The molecule has 2 rings (SSSR count). The Morgan fingerprint density at radius 2 is 1.70 bits per heavy atom. The lowest BCUT2D eigenvalue weighted by Crippen LogP contribution is -2.30. The van der Waals surface area contributed by atoms with Crippen LogP contribution >= 0.6 is 0 Å². The molecule has 2 aromatic rings. The smallest absolute Gasteiger partial charge is 0.126 e. The monoisotopic (exact) mass is 271 g/mol. The second kappa shape index (κ2) is 6.67. The minimum atomic E-state index is -0.117. The van der Waals surface area contributed by atoms with Crippen molar-refractivity contribution in [2.24, 2.45) is 0 Å². The summed E-state index contributed by atoms with van der Waals surface area (Å²) in [6.07, 6.45) is 1.62. The van der Waals surface area contributed by atoms with Crippen molar-refractivity contribution in [3.05, 3.63) is 70.5 Å². The standard InChI is InChI=1S/C18H22FN/c1-13-8-9-14(2)16(10-13)12-17(20-3)11-15-6-4-5-7-18(15)19/h4-10,17,20H,11-12H2,1-3H3. The van der Waals surface area contributed by atoms with Gasteiger partial charge in [0.2, 0.25) is 0 Å². The molecule has 0 bridgehead atoms. The number of halogens is 1. The number of rotatable bonds is 5. The van der Waals surface area contributed by atoms with Crippen LogP contribution in [0.3, 0.4) is 0 Å². The molecule has 0 aliphatic heterocycles. The van der Waals surface area contributed by atoms with Crippen LogP contribution in [-0.2, 0) is 12.8 Å². The molecule has 0 saturated carbocycles. The summed E-state index contributed by atoms with van der Waals surface area (Å²) in [5.41, 5.74) is 4.67. The SMILES string of the molecule is CNC(Cc1cc(C)ccc1C)Cc1ccccc1F. The summed E-state index contributed by atoms with van der Waals surface area (Å²) in [6, 6.07) is 13.8. The number of hydrogen-bond donors (Lipinski definition) is 1. The zero-order valence-electron chi connectivity index (χ0n) is 12.4. The third kappa shape index (κ3) is 3.67. The molecule has 0 radical (unpaired) electrons. The Bertz CT molecular complexity index is 577. The van der Waals surface area contributed by atoms with Gasteiger partial charge in [0.15, 0.2) is 0 Å². The Kier molecular flexibility index (Phi) is 4.91. The predicted octanol–water partition coefficient (Wildman–Crippen LogP) is 3.82. The summed E-state index contributed by atoms with van der Waals surface area (Å²) in [5.74, 6) is -0.117. The van der Waals surface area contributed by atoms with Gasteiger partial charge in [-0.2, -0.15) is 0 Å². The molecular weight excluding hydrogens is 249 g/mol. The highest BCUT2D eigenvalue weighted by Crippen LogP contribution is 2.16. The summed E-state index contributed by atoms with van der Waals surface area (Å²) in [5, 5.41) is 3.31. The fraction of sp³-hybridized carbons (Fsp3) is 0.333. The van der Waals surface area contributed by atoms with Gasteiger partial charge in [0.25, 0.3) is 0 Å². The highest BCUT2D eigenvalue weighted by atomic mass is 19.1. The van der Waals surface area contributed by atoms with E-state index in [9.17, 15) is 4.39 Å². The van der Waals surface area contributed by atoms with Crippen LogP contribution in [0.5, 0.6) is 0 Å². The largest absolute Gasteiger partial charge is 0.316 e. The maximum atomic E-state index is 13.7. The zero-order valence-corrected chi connectivity index (χ0v) is 12.4. The van der Waals surface area contributed by atoms with E-state index in [1.54, 1.807) is 6.07 Å². The van der Waals surface area contributed by atoms with Gasteiger partial charge in [-0.15, -0.1) is 0 Å². The van der Waals surface area contributed by atoms with Crippen LogP contribution in [0.2, 0.25) is 0 Å². The lowest BCUT2D eigenvalue weighted by Gasteiger charge is -2.18. The molecule has 106 valence electrons. The van der Waals surface area contributed by atoms with E-state index in [0.717, 1.165) is 12.0 Å². The van der Waals surface area contributed by atoms with Crippen LogP contribution in [0.25, 0.3) is 0 Å². The van der Waals surface area contributed by atoms with Gasteiger partial charge >= 0.3 is 0 Å². The first-order chi connectivity index (χ1) is 9.60. The third-order valence-electron chi connectivity index (χ3n) is 3.80. The van der Waals surface area contributed by atoms with Crippen molar-refractivity contribution in [2.75, 3.05) is 7.05 Å². The number of hydrogen-bond acceptors (Lipinski definition) is 1. The van der Waals surface area contributed by atoms with Crippen LogP contribution in [0.15, 0.2) is 42.5 Å². The maximum Gasteiger partial charge on any atom is 0.126 e. The molecule has 0 aliphatic carbocycles. The lowest BCUT2D eigenvalue weighted by atomic mass is 9.95. The maximum absolute atomic E-state index is 13.7. The Labute approximate surface area is 120 Å². The van der Waals surface area contributed by atoms with Gasteiger partial charge in [0.1, 0.15) is 5.82 Å². The van der Waals surface area contributed by atoms with Gasteiger partial charge in [-0.05, 0) is 56.5 Å². The molecule has 0 saturated heterocycles. The Morgan fingerprint density at radius 1 is 1.00 bits per heavy atom. The third-order valence-corrected chi connectivity index (χ3v) is 3.80. The van der Waals surface area contributed by atoms with Crippen molar-refractivity contribution < 1.29 is 4.39 Å². The van der Waals surface area contributed by atoms with Crippen LogP contribution < -0.4 is 5.32 Å². The molecule has 2 aromatic carbocycles. The first-order valence-corrected chi connectivity index (χ1v) is 7.07. The average molecular weight is 271 g/mol. The summed E-state index contributed by atoms with van der Waals surface area (Å²) in [6.45, 7) is 4.23.